The number of nitrogens with two attached hydrogens (primary N) is 1. The first-order valence-corrected chi connectivity index (χ1v) is 2.27. The lowest BCUT2D eigenvalue weighted by Gasteiger charge is -2.15. The van der Waals surface area contributed by atoms with Crippen LogP contribution in [-0.4, -0.2) is 13.0 Å². The molecule has 3 nitrogen and oxygen atoms in total. The van der Waals surface area contributed by atoms with Gasteiger partial charge < -0.3 is 15.8 Å². The van der Waals surface area contributed by atoms with E-state index in [0.29, 0.717) is 0 Å². The lowest BCUT2D eigenvalue weighted by molar-refractivity contribution is 0.0459. The van der Waals surface area contributed by atoms with Gasteiger partial charge in [-0.25, -0.2) is 4.39 Å². The third-order valence-corrected chi connectivity index (χ3v) is 0.858. The standard InChI is InChI=1S/C4H7FN2O/c5-3-1-7-2-8-4(3)6/h1,4,7H,2,6H2. The average Bonchev–Trinajstić information content (AvgIpc) is 1.77. The molecule has 0 spiro atoms. The Morgan fingerprint density at radius 3 is 3.12 bits per heavy atom. The van der Waals surface area contributed by atoms with Gasteiger partial charge in [-0.1, -0.05) is 0 Å². The van der Waals surface area contributed by atoms with Crippen molar-refractivity contribution in [2.75, 3.05) is 6.73 Å². The lowest BCUT2D eigenvalue weighted by atomic mass is 10.5. The zero-order chi connectivity index (χ0) is 5.98. The topological polar surface area (TPSA) is 47.3 Å². The van der Waals surface area contributed by atoms with Gasteiger partial charge in [0.25, 0.3) is 0 Å². The van der Waals surface area contributed by atoms with Gasteiger partial charge in [-0.05, 0) is 0 Å². The first-order valence-electron chi connectivity index (χ1n) is 2.27. The maximum Gasteiger partial charge on any atom is 0.162 e. The Kier molecular flexibility index (Phi) is 1.45. The van der Waals surface area contributed by atoms with Crippen LogP contribution in [0.5, 0.6) is 0 Å². The minimum Gasteiger partial charge on any atom is -0.366 e. The number of hydrogen-bond acceptors (Lipinski definition) is 3. The van der Waals surface area contributed by atoms with Crippen molar-refractivity contribution in [3.05, 3.63) is 12.0 Å². The number of rotatable bonds is 0. The summed E-state index contributed by atoms with van der Waals surface area (Å²) < 4.78 is 16.7. The highest BCUT2D eigenvalue weighted by atomic mass is 19.1. The van der Waals surface area contributed by atoms with E-state index in [4.69, 9.17) is 5.73 Å². The smallest absolute Gasteiger partial charge is 0.162 e. The summed E-state index contributed by atoms with van der Waals surface area (Å²) >= 11 is 0. The molecule has 0 amide bonds. The third kappa shape index (κ3) is 0.962. The summed E-state index contributed by atoms with van der Waals surface area (Å²) in [7, 11) is 0. The molecular formula is C4H7FN2O. The molecule has 4 heteroatoms. The van der Waals surface area contributed by atoms with Crippen LogP contribution in [0.25, 0.3) is 0 Å². The molecule has 0 fully saturated rings. The average molecular weight is 118 g/mol. The van der Waals surface area contributed by atoms with Crippen LogP contribution in [0.3, 0.4) is 0 Å². The van der Waals surface area contributed by atoms with E-state index in [0.717, 1.165) is 0 Å². The molecular weight excluding hydrogens is 111 g/mol. The molecule has 1 rings (SSSR count). The van der Waals surface area contributed by atoms with Crippen molar-refractivity contribution in [2.45, 2.75) is 6.23 Å². The SMILES string of the molecule is NC1OCNC=C1F. The normalized spacial score (nSPS) is 28.8. The van der Waals surface area contributed by atoms with Crippen molar-refractivity contribution in [2.24, 2.45) is 5.73 Å². The van der Waals surface area contributed by atoms with Crippen molar-refractivity contribution >= 4 is 0 Å². The van der Waals surface area contributed by atoms with Crippen LogP contribution in [-0.2, 0) is 4.74 Å². The summed E-state index contributed by atoms with van der Waals surface area (Å²) in [5.74, 6) is -0.462. The Morgan fingerprint density at radius 2 is 2.75 bits per heavy atom. The predicted octanol–water partition coefficient (Wildman–Crippen LogP) is -0.341. The Morgan fingerprint density at radius 1 is 2.00 bits per heavy atom. The molecule has 1 heterocycles. The summed E-state index contributed by atoms with van der Waals surface area (Å²) in [6.45, 7) is 0.286. The summed E-state index contributed by atoms with van der Waals surface area (Å²) in [6.07, 6.45) is 0.338. The van der Waals surface area contributed by atoms with E-state index in [-0.39, 0.29) is 6.73 Å². The second-order valence-corrected chi connectivity index (χ2v) is 1.46. The van der Waals surface area contributed by atoms with Crippen LogP contribution < -0.4 is 11.1 Å². The van der Waals surface area contributed by atoms with Gasteiger partial charge >= 0.3 is 0 Å². The van der Waals surface area contributed by atoms with E-state index in [9.17, 15) is 4.39 Å². The second-order valence-electron chi connectivity index (χ2n) is 1.46. The molecule has 0 saturated heterocycles. The Balaban J connectivity index is 2.53. The molecule has 0 radical (unpaired) electrons. The Hall–Kier alpha value is -0.610. The second kappa shape index (κ2) is 2.11. The third-order valence-electron chi connectivity index (χ3n) is 0.858. The summed E-state index contributed by atoms with van der Waals surface area (Å²) in [4.78, 5) is 0. The van der Waals surface area contributed by atoms with E-state index < -0.39 is 12.1 Å². The predicted molar refractivity (Wildman–Crippen MR) is 26.3 cm³/mol. The molecule has 0 aromatic rings. The van der Waals surface area contributed by atoms with Gasteiger partial charge in [0.2, 0.25) is 0 Å². The number of ether oxygens (including phenoxy) is 1. The molecule has 1 aliphatic rings. The fourth-order valence-corrected chi connectivity index (χ4v) is 0.439. The van der Waals surface area contributed by atoms with Gasteiger partial charge in [-0.2, -0.15) is 0 Å². The molecule has 3 N–H and O–H groups in total. The maximum atomic E-state index is 12.1. The van der Waals surface area contributed by atoms with E-state index in [1.165, 1.54) is 6.20 Å². The van der Waals surface area contributed by atoms with Crippen LogP contribution in [0.1, 0.15) is 0 Å². The zero-order valence-electron chi connectivity index (χ0n) is 4.23. The van der Waals surface area contributed by atoms with Crippen LogP contribution >= 0.6 is 0 Å². The van der Waals surface area contributed by atoms with Gasteiger partial charge in [0.15, 0.2) is 12.1 Å². The van der Waals surface area contributed by atoms with Gasteiger partial charge in [0.1, 0.15) is 6.73 Å². The molecule has 0 aromatic carbocycles. The highest BCUT2D eigenvalue weighted by Crippen LogP contribution is 2.03. The molecule has 1 aliphatic heterocycles. The summed E-state index contributed by atoms with van der Waals surface area (Å²) in [5, 5.41) is 2.53. The van der Waals surface area contributed by atoms with Crippen LogP contribution in [0, 0.1) is 0 Å². The Bertz CT molecular complexity index is 115. The molecule has 1 atom stereocenters. The van der Waals surface area contributed by atoms with E-state index in [1.807, 2.05) is 0 Å². The quantitative estimate of drug-likeness (QED) is 0.457. The highest BCUT2D eigenvalue weighted by molar-refractivity contribution is 4.97. The van der Waals surface area contributed by atoms with E-state index >= 15 is 0 Å². The monoisotopic (exact) mass is 118 g/mol. The summed E-state index contributed by atoms with van der Waals surface area (Å²) in [6, 6.07) is 0. The Labute approximate surface area is 46.3 Å². The molecule has 0 bridgehead atoms. The van der Waals surface area contributed by atoms with Gasteiger partial charge in [-0.15, -0.1) is 0 Å². The van der Waals surface area contributed by atoms with Gasteiger partial charge in [0, 0.05) is 6.20 Å². The van der Waals surface area contributed by atoms with E-state index in [1.54, 1.807) is 0 Å². The van der Waals surface area contributed by atoms with Crippen molar-refractivity contribution < 1.29 is 9.13 Å². The number of hydrogen-bond donors (Lipinski definition) is 2. The largest absolute Gasteiger partial charge is 0.366 e. The van der Waals surface area contributed by atoms with E-state index in [2.05, 4.69) is 10.1 Å². The van der Waals surface area contributed by atoms with Crippen LogP contribution in [0.4, 0.5) is 4.39 Å². The fraction of sp³-hybridized carbons (Fsp3) is 0.500. The minimum absolute atomic E-state index is 0.286. The molecule has 0 aliphatic carbocycles. The van der Waals surface area contributed by atoms with Gasteiger partial charge in [-0.3, -0.25) is 0 Å². The van der Waals surface area contributed by atoms with Crippen molar-refractivity contribution in [3.8, 4) is 0 Å². The fourth-order valence-electron chi connectivity index (χ4n) is 0.439. The first kappa shape index (κ1) is 5.53. The highest BCUT2D eigenvalue weighted by Gasteiger charge is 2.11. The number of halogens is 1. The molecule has 8 heavy (non-hydrogen) atoms. The number of nitrogens with one attached hydrogen (secondary N) is 1. The lowest BCUT2D eigenvalue weighted by Crippen LogP contribution is -2.33. The van der Waals surface area contributed by atoms with Crippen LogP contribution in [0.2, 0.25) is 0 Å². The van der Waals surface area contributed by atoms with Crippen LogP contribution in [0.15, 0.2) is 12.0 Å². The first-order chi connectivity index (χ1) is 3.80. The molecule has 46 valence electrons. The minimum atomic E-state index is -0.865. The van der Waals surface area contributed by atoms with Gasteiger partial charge in [0.05, 0.1) is 0 Å². The molecule has 0 saturated carbocycles. The summed E-state index contributed by atoms with van der Waals surface area (Å²) in [5.41, 5.74) is 5.07. The molecule has 1 unspecified atom stereocenters. The van der Waals surface area contributed by atoms with Crippen molar-refractivity contribution in [1.29, 1.82) is 0 Å². The molecule has 0 aromatic heterocycles. The van der Waals surface area contributed by atoms with Crippen molar-refractivity contribution in [3.63, 3.8) is 0 Å². The zero-order valence-corrected chi connectivity index (χ0v) is 4.23. The maximum absolute atomic E-state index is 12.1. The van der Waals surface area contributed by atoms with Crippen molar-refractivity contribution in [1.82, 2.24) is 5.32 Å².